The molecule has 4 rings (SSSR count). The molecule has 4 aromatic rings. The van der Waals surface area contributed by atoms with Gasteiger partial charge in [-0.1, -0.05) is 35.7 Å². The van der Waals surface area contributed by atoms with Crippen molar-refractivity contribution in [2.45, 2.75) is 13.0 Å². The molecule has 0 spiro atoms. The van der Waals surface area contributed by atoms with E-state index in [0.717, 1.165) is 27.6 Å². The van der Waals surface area contributed by atoms with Crippen LogP contribution in [0.4, 0.5) is 0 Å². The summed E-state index contributed by atoms with van der Waals surface area (Å²) in [7, 11) is -3.93. The van der Waals surface area contributed by atoms with Crippen molar-refractivity contribution in [1.29, 1.82) is 0 Å². The van der Waals surface area contributed by atoms with Crippen LogP contribution in [0.5, 0.6) is 0 Å². The summed E-state index contributed by atoms with van der Waals surface area (Å²) in [6, 6.07) is 19.3. The lowest BCUT2D eigenvalue weighted by Gasteiger charge is -2.04. The number of benzene rings is 2. The molecule has 0 aliphatic heterocycles. The Kier molecular flexibility index (Phi) is 6.10. The predicted octanol–water partition coefficient (Wildman–Crippen LogP) is 5.03. The van der Waals surface area contributed by atoms with Crippen molar-refractivity contribution in [3.8, 4) is 23.0 Å². The minimum absolute atomic E-state index is 0.250. The second-order valence-corrected chi connectivity index (χ2v) is 9.12. The van der Waals surface area contributed by atoms with Crippen molar-refractivity contribution < 1.29 is 13.0 Å². The molecule has 0 fully saturated rings. The summed E-state index contributed by atoms with van der Waals surface area (Å²) in [6.07, 6.45) is 4.05. The SMILES string of the molecule is O=S(=O)(O)CCCn1ccc2cc(C#Cc3ccc(-c4ccc(Cl)cc4)cn3)ccc21. The molecular formula is C24H19ClN2O3S. The second-order valence-electron chi connectivity index (χ2n) is 7.11. The van der Waals surface area contributed by atoms with Crippen LogP contribution in [0.1, 0.15) is 17.7 Å². The number of aryl methyl sites for hydroxylation is 1. The first-order chi connectivity index (χ1) is 14.9. The highest BCUT2D eigenvalue weighted by molar-refractivity contribution is 7.85. The van der Waals surface area contributed by atoms with Crippen molar-refractivity contribution in [1.82, 2.24) is 9.55 Å². The summed E-state index contributed by atoms with van der Waals surface area (Å²) in [4.78, 5) is 4.43. The molecule has 0 bridgehead atoms. The highest BCUT2D eigenvalue weighted by atomic mass is 35.5. The van der Waals surface area contributed by atoms with Crippen LogP contribution in [-0.2, 0) is 16.7 Å². The van der Waals surface area contributed by atoms with Gasteiger partial charge in [0.25, 0.3) is 10.1 Å². The van der Waals surface area contributed by atoms with Crippen LogP contribution in [0.25, 0.3) is 22.0 Å². The van der Waals surface area contributed by atoms with Gasteiger partial charge in [0.05, 0.1) is 5.75 Å². The largest absolute Gasteiger partial charge is 0.347 e. The van der Waals surface area contributed by atoms with Crippen molar-refractivity contribution in [3.63, 3.8) is 0 Å². The Morgan fingerprint density at radius 3 is 2.45 bits per heavy atom. The minimum Gasteiger partial charge on any atom is -0.347 e. The Labute approximate surface area is 186 Å². The van der Waals surface area contributed by atoms with Gasteiger partial charge in [-0.15, -0.1) is 0 Å². The van der Waals surface area contributed by atoms with E-state index in [4.69, 9.17) is 16.2 Å². The lowest BCUT2D eigenvalue weighted by atomic mass is 10.1. The predicted molar refractivity (Wildman–Crippen MR) is 124 cm³/mol. The molecule has 0 aliphatic rings. The van der Waals surface area contributed by atoms with Crippen LogP contribution in [0, 0.1) is 11.8 Å². The Morgan fingerprint density at radius 1 is 0.968 bits per heavy atom. The summed E-state index contributed by atoms with van der Waals surface area (Å²) < 4.78 is 32.6. The molecule has 0 saturated carbocycles. The van der Waals surface area contributed by atoms with Crippen LogP contribution < -0.4 is 0 Å². The van der Waals surface area contributed by atoms with E-state index >= 15 is 0 Å². The van der Waals surface area contributed by atoms with E-state index in [9.17, 15) is 8.42 Å². The Bertz CT molecular complexity index is 1380. The summed E-state index contributed by atoms with van der Waals surface area (Å²) >= 11 is 5.93. The topological polar surface area (TPSA) is 72.2 Å². The Morgan fingerprint density at radius 2 is 1.74 bits per heavy atom. The third-order valence-corrected chi connectivity index (χ3v) is 5.90. The third-order valence-electron chi connectivity index (χ3n) is 4.85. The van der Waals surface area contributed by atoms with Crippen molar-refractivity contribution >= 4 is 32.6 Å². The number of hydrogen-bond acceptors (Lipinski definition) is 3. The normalized spacial score (nSPS) is 11.3. The molecule has 1 N–H and O–H groups in total. The Balaban J connectivity index is 1.47. The van der Waals surface area contributed by atoms with Crippen LogP contribution in [0.15, 0.2) is 73.1 Å². The zero-order chi connectivity index (χ0) is 21.8. The van der Waals surface area contributed by atoms with Crippen LogP contribution in [0.2, 0.25) is 5.02 Å². The Hall–Kier alpha value is -3.11. The average Bonchev–Trinajstić information content (AvgIpc) is 3.15. The number of aromatic nitrogens is 2. The molecule has 0 radical (unpaired) electrons. The molecule has 2 aromatic carbocycles. The highest BCUT2D eigenvalue weighted by Gasteiger charge is 2.06. The van der Waals surface area contributed by atoms with Crippen molar-refractivity contribution in [3.05, 3.63) is 89.3 Å². The van der Waals surface area contributed by atoms with E-state index < -0.39 is 10.1 Å². The van der Waals surface area contributed by atoms with Gasteiger partial charge < -0.3 is 4.57 Å². The minimum atomic E-state index is -3.93. The maximum Gasteiger partial charge on any atom is 0.264 e. The van der Waals surface area contributed by atoms with Gasteiger partial charge >= 0.3 is 0 Å². The first-order valence-electron chi connectivity index (χ1n) is 9.65. The molecule has 0 atom stereocenters. The number of halogens is 1. The number of fused-ring (bicyclic) bond motifs is 1. The molecule has 5 nitrogen and oxygen atoms in total. The maximum atomic E-state index is 10.9. The quantitative estimate of drug-likeness (QED) is 0.341. The van der Waals surface area contributed by atoms with Crippen molar-refractivity contribution in [2.24, 2.45) is 0 Å². The number of pyridine rings is 1. The zero-order valence-corrected chi connectivity index (χ0v) is 18.1. The fourth-order valence-corrected chi connectivity index (χ4v) is 3.93. The molecule has 0 aliphatic carbocycles. The fourth-order valence-electron chi connectivity index (χ4n) is 3.31. The van der Waals surface area contributed by atoms with Gasteiger partial charge in [0.2, 0.25) is 0 Å². The van der Waals surface area contributed by atoms with Gasteiger partial charge in [0.1, 0.15) is 5.69 Å². The van der Waals surface area contributed by atoms with Crippen LogP contribution in [0.3, 0.4) is 0 Å². The van der Waals surface area contributed by atoms with Crippen molar-refractivity contribution in [2.75, 3.05) is 5.75 Å². The molecule has 31 heavy (non-hydrogen) atoms. The summed E-state index contributed by atoms with van der Waals surface area (Å²) in [5, 5.41) is 1.72. The zero-order valence-electron chi connectivity index (χ0n) is 16.5. The standard InChI is InChI=1S/C24H19ClN2O3S/c25-22-7-4-19(5-8-22)21-6-10-23(26-17-21)9-2-18-3-11-24-20(16-18)12-14-27(24)13-1-15-31(28,29)30/h3-8,10-12,14,16-17H,1,13,15H2,(H,28,29,30). The van der Waals surface area contributed by atoms with E-state index in [-0.39, 0.29) is 5.75 Å². The molecular weight excluding hydrogens is 432 g/mol. The first kappa shape index (κ1) is 21.1. The van der Waals surface area contributed by atoms with E-state index in [1.54, 1.807) is 6.20 Å². The van der Waals surface area contributed by atoms with Gasteiger partial charge in [-0.25, -0.2) is 4.98 Å². The van der Waals surface area contributed by atoms with Crippen LogP contribution in [-0.4, -0.2) is 28.3 Å². The number of hydrogen-bond donors (Lipinski definition) is 1. The number of nitrogens with zero attached hydrogens (tertiary/aromatic N) is 2. The monoisotopic (exact) mass is 450 g/mol. The van der Waals surface area contributed by atoms with E-state index in [0.29, 0.717) is 23.7 Å². The molecule has 156 valence electrons. The van der Waals surface area contributed by atoms with E-state index in [1.165, 1.54) is 0 Å². The van der Waals surface area contributed by atoms with E-state index in [1.807, 2.05) is 71.4 Å². The molecule has 7 heteroatoms. The lowest BCUT2D eigenvalue weighted by molar-refractivity contribution is 0.478. The first-order valence-corrected chi connectivity index (χ1v) is 11.6. The third kappa shape index (κ3) is 5.53. The van der Waals surface area contributed by atoms with Crippen LogP contribution >= 0.6 is 11.6 Å². The van der Waals surface area contributed by atoms with Gasteiger partial charge in [0.15, 0.2) is 0 Å². The lowest BCUT2D eigenvalue weighted by Crippen LogP contribution is -2.07. The van der Waals surface area contributed by atoms with Gasteiger partial charge in [-0.3, -0.25) is 4.55 Å². The molecule has 0 unspecified atom stereocenters. The van der Waals surface area contributed by atoms with Gasteiger partial charge in [-0.2, -0.15) is 8.42 Å². The summed E-state index contributed by atoms with van der Waals surface area (Å²) in [5.41, 5.74) is 4.58. The average molecular weight is 451 g/mol. The van der Waals surface area contributed by atoms with Gasteiger partial charge in [0, 0.05) is 46.0 Å². The second kappa shape index (κ2) is 8.94. The molecule has 2 aromatic heterocycles. The van der Waals surface area contributed by atoms with E-state index in [2.05, 4.69) is 16.8 Å². The van der Waals surface area contributed by atoms with Gasteiger partial charge in [-0.05, 0) is 60.4 Å². The summed E-state index contributed by atoms with van der Waals surface area (Å²) in [5.74, 6) is 5.98. The smallest absolute Gasteiger partial charge is 0.264 e. The number of rotatable bonds is 5. The maximum absolute atomic E-state index is 10.9. The highest BCUT2D eigenvalue weighted by Crippen LogP contribution is 2.21. The molecule has 0 saturated heterocycles. The summed E-state index contributed by atoms with van der Waals surface area (Å²) in [6.45, 7) is 0.512. The molecule has 0 amide bonds. The fraction of sp³-hybridized carbons (Fsp3) is 0.125. The molecule has 2 heterocycles.